The molecular weight excluding hydrogens is 370 g/mol. The van der Waals surface area contributed by atoms with Crippen molar-refractivity contribution in [2.45, 2.75) is 0 Å². The molecule has 2 N–H and O–H groups in total. The Hall–Kier alpha value is -4.06. The number of phenolic OH excluding ortho intramolecular Hbond substituents is 1. The van der Waals surface area contributed by atoms with Crippen LogP contribution >= 0.6 is 0 Å². The van der Waals surface area contributed by atoms with Crippen LogP contribution in [0, 0.1) is 0 Å². The van der Waals surface area contributed by atoms with Crippen molar-refractivity contribution in [2.24, 2.45) is 0 Å². The van der Waals surface area contributed by atoms with E-state index >= 15 is 0 Å². The van der Waals surface area contributed by atoms with E-state index in [0.29, 0.717) is 28.3 Å². The highest BCUT2D eigenvalue weighted by Gasteiger charge is 2.20. The third kappa shape index (κ3) is 4.81. The first-order chi connectivity index (χ1) is 14.0. The summed E-state index contributed by atoms with van der Waals surface area (Å²) in [6.07, 6.45) is 2.49. The van der Waals surface area contributed by atoms with Crippen LogP contribution < -0.4 is 9.64 Å². The number of ether oxygens (including phenoxy) is 1. The molecule has 3 aromatic rings. The molecule has 0 heterocycles. The largest absolute Gasteiger partial charge is 0.508 e. The van der Waals surface area contributed by atoms with E-state index in [2.05, 4.69) is 0 Å². The van der Waals surface area contributed by atoms with E-state index in [9.17, 15) is 14.7 Å². The Labute approximate surface area is 167 Å². The van der Waals surface area contributed by atoms with Crippen LogP contribution in [0.3, 0.4) is 0 Å². The molecule has 0 fully saturated rings. The zero-order valence-electron chi connectivity index (χ0n) is 15.6. The van der Waals surface area contributed by atoms with Crippen molar-refractivity contribution < 1.29 is 24.5 Å². The Kier molecular flexibility index (Phi) is 5.94. The Balaban J connectivity index is 1.97. The van der Waals surface area contributed by atoms with Gasteiger partial charge in [-0.05, 0) is 72.3 Å². The number of nitrogens with zero attached hydrogens (tertiary/aromatic N) is 1. The number of benzene rings is 3. The third-order valence-electron chi connectivity index (χ3n) is 4.22. The lowest BCUT2D eigenvalue weighted by molar-refractivity contribution is -0.131. The number of amides is 1. The number of hydrogen-bond donors (Lipinski definition) is 2. The maximum Gasteiger partial charge on any atom is 0.328 e. The van der Waals surface area contributed by atoms with Crippen molar-refractivity contribution in [1.82, 2.24) is 0 Å². The van der Waals surface area contributed by atoms with Crippen molar-refractivity contribution in [3.63, 3.8) is 0 Å². The lowest BCUT2D eigenvalue weighted by Crippen LogP contribution is -2.25. The number of hydrogen-bond acceptors (Lipinski definition) is 4. The molecule has 0 bridgehead atoms. The zero-order valence-corrected chi connectivity index (χ0v) is 15.6. The van der Waals surface area contributed by atoms with Gasteiger partial charge in [0, 0.05) is 23.0 Å². The lowest BCUT2D eigenvalue weighted by Gasteiger charge is -2.23. The SMILES string of the molecule is COc1ccc(N(C(=O)c2ccc(/C=C/C(=O)O)cc2)c2ccc(O)cc2)cc1. The molecule has 146 valence electrons. The van der Waals surface area contributed by atoms with Gasteiger partial charge < -0.3 is 14.9 Å². The van der Waals surface area contributed by atoms with E-state index in [1.807, 2.05) is 0 Å². The summed E-state index contributed by atoms with van der Waals surface area (Å²) in [6, 6.07) is 20.0. The quantitative estimate of drug-likeness (QED) is 0.607. The maximum atomic E-state index is 13.3. The summed E-state index contributed by atoms with van der Waals surface area (Å²) in [5.74, 6) is -0.537. The van der Waals surface area contributed by atoms with Crippen LogP contribution in [-0.2, 0) is 4.79 Å². The smallest absolute Gasteiger partial charge is 0.328 e. The van der Waals surface area contributed by atoms with Gasteiger partial charge in [0.2, 0.25) is 0 Å². The number of anilines is 2. The van der Waals surface area contributed by atoms with Crippen molar-refractivity contribution in [2.75, 3.05) is 12.0 Å². The standard InChI is InChI=1S/C23H19NO5/c1-29-21-13-9-19(10-14-21)24(18-7-11-20(25)12-8-18)23(28)17-5-2-16(3-6-17)4-15-22(26)27/h2-15,25H,1H3,(H,26,27)/b15-4+. The van der Waals surface area contributed by atoms with Gasteiger partial charge in [0.25, 0.3) is 5.91 Å². The van der Waals surface area contributed by atoms with Gasteiger partial charge in [-0.15, -0.1) is 0 Å². The molecule has 3 aromatic carbocycles. The second-order valence-corrected chi connectivity index (χ2v) is 6.15. The Morgan fingerprint density at radius 1 is 0.862 bits per heavy atom. The zero-order chi connectivity index (χ0) is 20.8. The van der Waals surface area contributed by atoms with Gasteiger partial charge >= 0.3 is 5.97 Å². The normalized spacial score (nSPS) is 10.7. The summed E-state index contributed by atoms with van der Waals surface area (Å²) in [7, 11) is 1.57. The molecule has 0 unspecified atom stereocenters. The van der Waals surface area contributed by atoms with E-state index < -0.39 is 5.97 Å². The molecule has 0 aromatic heterocycles. The van der Waals surface area contributed by atoms with Crippen LogP contribution in [0.25, 0.3) is 6.08 Å². The lowest BCUT2D eigenvalue weighted by atomic mass is 10.1. The minimum Gasteiger partial charge on any atom is -0.508 e. The second-order valence-electron chi connectivity index (χ2n) is 6.15. The fourth-order valence-electron chi connectivity index (χ4n) is 2.75. The van der Waals surface area contributed by atoms with E-state index in [1.165, 1.54) is 23.1 Å². The molecule has 1 amide bonds. The molecule has 29 heavy (non-hydrogen) atoms. The number of aliphatic carboxylic acids is 1. The molecule has 0 saturated carbocycles. The summed E-state index contributed by atoms with van der Waals surface area (Å²) >= 11 is 0. The van der Waals surface area contributed by atoms with Crippen LogP contribution in [0.2, 0.25) is 0 Å². The first kappa shape index (κ1) is 19.7. The molecule has 3 rings (SSSR count). The van der Waals surface area contributed by atoms with Crippen LogP contribution in [0.5, 0.6) is 11.5 Å². The first-order valence-corrected chi connectivity index (χ1v) is 8.76. The van der Waals surface area contributed by atoms with E-state index in [0.717, 1.165) is 6.08 Å². The molecule has 0 spiro atoms. The highest BCUT2D eigenvalue weighted by Crippen LogP contribution is 2.30. The van der Waals surface area contributed by atoms with Crippen LogP contribution in [0.15, 0.2) is 78.9 Å². The average molecular weight is 389 g/mol. The van der Waals surface area contributed by atoms with E-state index in [1.54, 1.807) is 67.8 Å². The van der Waals surface area contributed by atoms with Crippen LogP contribution in [0.1, 0.15) is 15.9 Å². The predicted octanol–water partition coefficient (Wildman–Crippen LogP) is 4.48. The maximum absolute atomic E-state index is 13.3. The molecule has 0 saturated heterocycles. The third-order valence-corrected chi connectivity index (χ3v) is 4.22. The minimum absolute atomic E-state index is 0.102. The second kappa shape index (κ2) is 8.75. The van der Waals surface area contributed by atoms with Crippen LogP contribution in [0.4, 0.5) is 11.4 Å². The van der Waals surface area contributed by atoms with Crippen molar-refractivity contribution in [3.8, 4) is 11.5 Å². The average Bonchev–Trinajstić information content (AvgIpc) is 2.74. The molecule has 6 heteroatoms. The summed E-state index contributed by atoms with van der Waals surface area (Å²) in [6.45, 7) is 0. The molecule has 0 aliphatic rings. The van der Waals surface area contributed by atoms with Crippen molar-refractivity contribution in [3.05, 3.63) is 90.0 Å². The number of aromatic hydroxyl groups is 1. The Morgan fingerprint density at radius 3 is 1.93 bits per heavy atom. The summed E-state index contributed by atoms with van der Waals surface area (Å²) in [5.41, 5.74) is 2.33. The van der Waals surface area contributed by atoms with Gasteiger partial charge in [-0.1, -0.05) is 12.1 Å². The molecular formula is C23H19NO5. The molecule has 0 radical (unpaired) electrons. The predicted molar refractivity (Wildman–Crippen MR) is 111 cm³/mol. The number of carbonyl (C=O) groups excluding carboxylic acids is 1. The number of carbonyl (C=O) groups is 2. The number of rotatable bonds is 6. The van der Waals surface area contributed by atoms with Gasteiger partial charge in [0.1, 0.15) is 11.5 Å². The van der Waals surface area contributed by atoms with Crippen molar-refractivity contribution in [1.29, 1.82) is 0 Å². The number of carboxylic acids is 1. The minimum atomic E-state index is -1.04. The van der Waals surface area contributed by atoms with Gasteiger partial charge in [-0.3, -0.25) is 9.69 Å². The highest BCUT2D eigenvalue weighted by atomic mass is 16.5. The molecule has 0 aliphatic carbocycles. The topological polar surface area (TPSA) is 87.1 Å². The summed E-state index contributed by atoms with van der Waals surface area (Å²) in [4.78, 5) is 25.5. The Bertz CT molecular complexity index is 1020. The number of methoxy groups -OCH3 is 1. The van der Waals surface area contributed by atoms with E-state index in [-0.39, 0.29) is 11.7 Å². The summed E-state index contributed by atoms with van der Waals surface area (Å²) in [5, 5.41) is 18.3. The fourth-order valence-corrected chi connectivity index (χ4v) is 2.75. The Morgan fingerprint density at radius 2 is 1.41 bits per heavy atom. The molecule has 0 atom stereocenters. The summed E-state index contributed by atoms with van der Waals surface area (Å²) < 4.78 is 5.18. The van der Waals surface area contributed by atoms with Gasteiger partial charge in [0.15, 0.2) is 0 Å². The number of phenols is 1. The fraction of sp³-hybridized carbons (Fsp3) is 0.0435. The van der Waals surface area contributed by atoms with Gasteiger partial charge in [0.05, 0.1) is 7.11 Å². The number of carboxylic acid groups (broad SMARTS) is 1. The van der Waals surface area contributed by atoms with Gasteiger partial charge in [-0.2, -0.15) is 0 Å². The van der Waals surface area contributed by atoms with E-state index in [4.69, 9.17) is 9.84 Å². The molecule has 0 aliphatic heterocycles. The van der Waals surface area contributed by atoms with Crippen LogP contribution in [-0.4, -0.2) is 29.2 Å². The first-order valence-electron chi connectivity index (χ1n) is 8.76. The molecule has 6 nitrogen and oxygen atoms in total. The monoisotopic (exact) mass is 389 g/mol. The van der Waals surface area contributed by atoms with Crippen molar-refractivity contribution >= 4 is 29.3 Å². The highest BCUT2D eigenvalue weighted by molar-refractivity contribution is 6.11. The van der Waals surface area contributed by atoms with Gasteiger partial charge in [-0.25, -0.2) is 4.79 Å².